The van der Waals surface area contributed by atoms with Gasteiger partial charge in [-0.3, -0.25) is 19.6 Å². The molecule has 0 radical (unpaired) electrons. The first-order chi connectivity index (χ1) is 16.6. The predicted molar refractivity (Wildman–Crippen MR) is 133 cm³/mol. The van der Waals surface area contributed by atoms with Gasteiger partial charge in [-0.25, -0.2) is 5.48 Å². The topological polar surface area (TPSA) is 126 Å². The fourth-order valence-corrected chi connectivity index (χ4v) is 3.85. The molecule has 3 amide bonds. The highest BCUT2D eigenvalue weighted by Gasteiger charge is 2.39. The van der Waals surface area contributed by atoms with Crippen molar-refractivity contribution < 1.29 is 29.1 Å². The quantitative estimate of drug-likeness (QED) is 0.207. The lowest BCUT2D eigenvalue weighted by atomic mass is 9.84. The molecule has 0 fully saturated rings. The zero-order valence-electron chi connectivity index (χ0n) is 21.1. The van der Waals surface area contributed by atoms with Gasteiger partial charge < -0.3 is 20.1 Å². The highest BCUT2D eigenvalue weighted by atomic mass is 16.5. The number of carbonyl (C=O) groups excluding carboxylic acids is 3. The molecule has 0 aromatic heterocycles. The molecule has 2 aromatic carbocycles. The Kier molecular flexibility index (Phi) is 10.6. The maximum absolute atomic E-state index is 13.6. The number of nitrogens with one attached hydrogen (secondary N) is 3. The Morgan fingerprint density at radius 2 is 1.66 bits per heavy atom. The second kappa shape index (κ2) is 13.2. The summed E-state index contributed by atoms with van der Waals surface area (Å²) in [7, 11) is 1.49. The summed E-state index contributed by atoms with van der Waals surface area (Å²) in [6, 6.07) is 12.8. The van der Waals surface area contributed by atoms with E-state index in [0.29, 0.717) is 6.54 Å². The van der Waals surface area contributed by atoms with Crippen molar-refractivity contribution in [1.29, 1.82) is 0 Å². The van der Waals surface area contributed by atoms with Gasteiger partial charge in [0.15, 0.2) is 0 Å². The minimum atomic E-state index is -1.31. The number of methoxy groups -OCH3 is 1. The minimum Gasteiger partial charge on any atom is -0.382 e. The van der Waals surface area contributed by atoms with E-state index in [4.69, 9.17) is 9.47 Å². The monoisotopic (exact) mass is 487 g/mol. The van der Waals surface area contributed by atoms with Crippen molar-refractivity contribution >= 4 is 28.5 Å². The predicted octanol–water partition coefficient (Wildman–Crippen LogP) is 2.20. The average molecular weight is 488 g/mol. The largest absolute Gasteiger partial charge is 0.382 e. The lowest BCUT2D eigenvalue weighted by Crippen LogP contribution is -2.57. The van der Waals surface area contributed by atoms with Crippen molar-refractivity contribution in [1.82, 2.24) is 16.1 Å². The molecule has 0 saturated heterocycles. The Morgan fingerprint density at radius 1 is 0.971 bits per heavy atom. The lowest BCUT2D eigenvalue weighted by Gasteiger charge is -2.33. The summed E-state index contributed by atoms with van der Waals surface area (Å²) in [4.78, 5) is 38.9. The molecule has 4 N–H and O–H groups in total. The first-order valence-corrected chi connectivity index (χ1v) is 11.7. The van der Waals surface area contributed by atoms with Crippen molar-refractivity contribution in [3.8, 4) is 0 Å². The van der Waals surface area contributed by atoms with Crippen LogP contribution in [0.3, 0.4) is 0 Å². The van der Waals surface area contributed by atoms with Crippen LogP contribution in [0.15, 0.2) is 42.5 Å². The number of hydroxylamine groups is 1. The van der Waals surface area contributed by atoms with Crippen LogP contribution in [-0.2, 0) is 30.3 Å². The minimum absolute atomic E-state index is 0.0368. The van der Waals surface area contributed by atoms with E-state index in [0.717, 1.165) is 16.3 Å². The molecule has 0 bridgehead atoms. The Bertz CT molecular complexity index is 1000. The molecule has 0 aliphatic heterocycles. The fraction of sp³-hybridized carbons (Fsp3) is 0.500. The number of ether oxygens (including phenoxy) is 2. The smallest absolute Gasteiger partial charge is 0.273 e. The molecule has 3 atom stereocenters. The van der Waals surface area contributed by atoms with Crippen molar-refractivity contribution in [2.24, 2.45) is 11.3 Å². The average Bonchev–Trinajstić information content (AvgIpc) is 2.82. The van der Waals surface area contributed by atoms with Gasteiger partial charge in [0.25, 0.3) is 5.91 Å². The van der Waals surface area contributed by atoms with Gasteiger partial charge in [0.1, 0.15) is 12.1 Å². The van der Waals surface area contributed by atoms with Crippen molar-refractivity contribution in [2.75, 3.05) is 26.9 Å². The molecule has 0 aliphatic rings. The van der Waals surface area contributed by atoms with Crippen LogP contribution in [0.4, 0.5) is 0 Å². The van der Waals surface area contributed by atoms with Gasteiger partial charge in [-0.05, 0) is 35.1 Å². The first kappa shape index (κ1) is 28.2. The third-order valence-electron chi connectivity index (χ3n) is 5.69. The Balaban J connectivity index is 2.43. The van der Waals surface area contributed by atoms with Crippen molar-refractivity contribution in [3.63, 3.8) is 0 Å². The number of amides is 3. The molecule has 35 heavy (non-hydrogen) atoms. The van der Waals surface area contributed by atoms with Gasteiger partial charge in [0, 0.05) is 13.7 Å². The van der Waals surface area contributed by atoms with Crippen LogP contribution in [0.1, 0.15) is 33.3 Å². The Hall–Kier alpha value is -3.01. The van der Waals surface area contributed by atoms with E-state index in [-0.39, 0.29) is 25.5 Å². The summed E-state index contributed by atoms with van der Waals surface area (Å²) in [5.74, 6) is -2.73. The summed E-state index contributed by atoms with van der Waals surface area (Å²) >= 11 is 0. The van der Waals surface area contributed by atoms with Crippen LogP contribution in [0.25, 0.3) is 10.8 Å². The van der Waals surface area contributed by atoms with Gasteiger partial charge in [-0.1, -0.05) is 63.2 Å². The summed E-state index contributed by atoms with van der Waals surface area (Å²) in [5.41, 5.74) is 1.82. The van der Waals surface area contributed by atoms with Gasteiger partial charge in [0.2, 0.25) is 11.8 Å². The maximum Gasteiger partial charge on any atom is 0.273 e. The molecule has 192 valence electrons. The summed E-state index contributed by atoms with van der Waals surface area (Å²) in [6.45, 7) is 7.98. The number of hydrogen-bond acceptors (Lipinski definition) is 6. The zero-order valence-corrected chi connectivity index (χ0v) is 21.1. The first-order valence-electron chi connectivity index (χ1n) is 11.7. The Labute approximate surface area is 206 Å². The van der Waals surface area contributed by atoms with Crippen LogP contribution >= 0.6 is 0 Å². The van der Waals surface area contributed by atoms with E-state index in [2.05, 4.69) is 10.6 Å². The number of fused-ring (bicyclic) bond motifs is 1. The molecule has 2 rings (SSSR count). The SMILES string of the molecule is CCNC(=O)[C@@H](NC(=O)[C@H](Cc1ccc2ccccc2c1)[C@H](OCCOC)C(=O)NO)C(C)(C)C. The standard InChI is InChI=1S/C26H37N3O6/c1-6-27-25(32)22(26(2,3)4)28-23(30)20(21(24(31)29-33)35-14-13-34-5)16-17-11-12-18-9-7-8-10-19(18)15-17/h7-12,15,20-22,33H,6,13-14,16H2,1-5H3,(H,27,32)(H,28,30)(H,29,31)/t20-,21+,22-/m1/s1. The van der Waals surface area contributed by atoms with E-state index in [1.165, 1.54) is 7.11 Å². The van der Waals surface area contributed by atoms with Crippen LogP contribution in [0, 0.1) is 11.3 Å². The molecule has 0 spiro atoms. The van der Waals surface area contributed by atoms with Crippen LogP contribution < -0.4 is 16.1 Å². The molecule has 0 unspecified atom stereocenters. The third kappa shape index (κ3) is 8.02. The summed E-state index contributed by atoms with van der Waals surface area (Å²) < 4.78 is 10.7. The lowest BCUT2D eigenvalue weighted by molar-refractivity contribution is -0.152. The second-order valence-corrected chi connectivity index (χ2v) is 9.45. The second-order valence-electron chi connectivity index (χ2n) is 9.45. The van der Waals surface area contributed by atoms with E-state index >= 15 is 0 Å². The van der Waals surface area contributed by atoms with Gasteiger partial charge in [-0.15, -0.1) is 0 Å². The Morgan fingerprint density at radius 3 is 2.26 bits per heavy atom. The number of carbonyl (C=O) groups is 3. The molecular weight excluding hydrogens is 450 g/mol. The number of benzene rings is 2. The molecule has 9 heteroatoms. The van der Waals surface area contributed by atoms with Crippen LogP contribution in [0.2, 0.25) is 0 Å². The number of likely N-dealkylation sites (N-methyl/N-ethyl adjacent to an activating group) is 1. The van der Waals surface area contributed by atoms with Crippen molar-refractivity contribution in [2.45, 2.75) is 46.3 Å². The van der Waals surface area contributed by atoms with E-state index in [1.807, 2.05) is 63.2 Å². The molecule has 0 aliphatic carbocycles. The van der Waals surface area contributed by atoms with Gasteiger partial charge in [-0.2, -0.15) is 0 Å². The molecule has 2 aromatic rings. The molecule has 0 heterocycles. The van der Waals surface area contributed by atoms with Crippen LogP contribution in [-0.4, -0.2) is 61.9 Å². The van der Waals surface area contributed by atoms with E-state index < -0.39 is 35.3 Å². The summed E-state index contributed by atoms with van der Waals surface area (Å²) in [6.07, 6.45) is -1.16. The van der Waals surface area contributed by atoms with E-state index in [9.17, 15) is 19.6 Å². The molecular formula is C26H37N3O6. The molecule has 9 nitrogen and oxygen atoms in total. The van der Waals surface area contributed by atoms with Crippen molar-refractivity contribution in [3.05, 3.63) is 48.0 Å². The fourth-order valence-electron chi connectivity index (χ4n) is 3.85. The highest BCUT2D eigenvalue weighted by Crippen LogP contribution is 2.24. The maximum atomic E-state index is 13.6. The number of rotatable bonds is 12. The zero-order chi connectivity index (χ0) is 26.0. The van der Waals surface area contributed by atoms with Gasteiger partial charge in [0.05, 0.1) is 19.1 Å². The summed E-state index contributed by atoms with van der Waals surface area (Å²) in [5, 5.41) is 17.0. The molecule has 0 saturated carbocycles. The van der Waals surface area contributed by atoms with Gasteiger partial charge >= 0.3 is 0 Å². The highest BCUT2D eigenvalue weighted by molar-refractivity contribution is 5.93. The van der Waals surface area contributed by atoms with Crippen LogP contribution in [0.5, 0.6) is 0 Å². The normalized spacial score (nSPS) is 14.1. The third-order valence-corrected chi connectivity index (χ3v) is 5.69. The number of hydrogen-bond donors (Lipinski definition) is 4. The van der Waals surface area contributed by atoms with E-state index in [1.54, 1.807) is 12.4 Å².